The maximum Gasteiger partial charge on any atom is 0.229 e. The number of aromatic nitrogens is 1. The second-order valence-corrected chi connectivity index (χ2v) is 9.45. The summed E-state index contributed by atoms with van der Waals surface area (Å²) >= 11 is 5.68. The van der Waals surface area contributed by atoms with Crippen LogP contribution in [0.25, 0.3) is 0 Å². The summed E-state index contributed by atoms with van der Waals surface area (Å²) in [6, 6.07) is 14.7. The fourth-order valence-electron chi connectivity index (χ4n) is 3.65. The van der Waals surface area contributed by atoms with Crippen LogP contribution in [0.3, 0.4) is 0 Å². The summed E-state index contributed by atoms with van der Waals surface area (Å²) in [7, 11) is -3.36. The Hall–Kier alpha value is -2.91. The van der Waals surface area contributed by atoms with E-state index in [1.54, 1.807) is 12.3 Å². The number of hydrogen-bond donors (Lipinski definition) is 2. The minimum atomic E-state index is -3.36. The van der Waals surface area contributed by atoms with Gasteiger partial charge in [0.25, 0.3) is 0 Å². The number of sulfonamides is 1. The molecule has 3 heterocycles. The molecule has 4 rings (SSSR count). The number of nitrogens with one attached hydrogen (secondary N) is 2. The third kappa shape index (κ3) is 4.03. The van der Waals surface area contributed by atoms with Gasteiger partial charge in [0.2, 0.25) is 10.0 Å². The van der Waals surface area contributed by atoms with Gasteiger partial charge in [-0.1, -0.05) is 6.07 Å². The number of rotatable bonds is 5. The van der Waals surface area contributed by atoms with Crippen LogP contribution in [0.5, 0.6) is 0 Å². The van der Waals surface area contributed by atoms with Crippen molar-refractivity contribution < 1.29 is 12.8 Å². The highest BCUT2D eigenvalue weighted by molar-refractivity contribution is 7.92. The van der Waals surface area contributed by atoms with E-state index in [-0.39, 0.29) is 12.1 Å². The number of furan rings is 1. The third-order valence-corrected chi connectivity index (χ3v) is 5.84. The molecule has 1 fully saturated rings. The highest BCUT2D eigenvalue weighted by atomic mass is 32.2. The van der Waals surface area contributed by atoms with Crippen molar-refractivity contribution in [2.24, 2.45) is 0 Å². The predicted molar refractivity (Wildman–Crippen MR) is 121 cm³/mol. The van der Waals surface area contributed by atoms with Gasteiger partial charge in [0.1, 0.15) is 17.6 Å². The molecule has 0 spiro atoms. The third-order valence-electron chi connectivity index (χ3n) is 4.93. The van der Waals surface area contributed by atoms with Gasteiger partial charge >= 0.3 is 0 Å². The molecule has 2 aromatic heterocycles. The summed E-state index contributed by atoms with van der Waals surface area (Å²) in [6.45, 7) is 3.76. The van der Waals surface area contributed by atoms with Gasteiger partial charge in [-0.05, 0) is 74.1 Å². The van der Waals surface area contributed by atoms with E-state index in [9.17, 15) is 8.42 Å². The number of benzene rings is 1. The Morgan fingerprint density at radius 2 is 1.97 bits per heavy atom. The quantitative estimate of drug-likeness (QED) is 0.581. The number of aryl methyl sites for hydroxylation is 2. The highest BCUT2D eigenvalue weighted by Crippen LogP contribution is 2.42. The van der Waals surface area contributed by atoms with Crippen molar-refractivity contribution in [2.45, 2.75) is 25.9 Å². The predicted octanol–water partition coefficient (Wildman–Crippen LogP) is 3.84. The molecule has 0 radical (unpaired) electrons. The Morgan fingerprint density at radius 3 is 2.57 bits per heavy atom. The van der Waals surface area contributed by atoms with Gasteiger partial charge in [-0.2, -0.15) is 0 Å². The molecule has 1 aromatic carbocycles. The fourth-order valence-corrected chi connectivity index (χ4v) is 4.62. The van der Waals surface area contributed by atoms with Crippen LogP contribution in [-0.2, 0) is 10.0 Å². The molecule has 1 saturated heterocycles. The normalized spacial score (nSPS) is 19.0. The van der Waals surface area contributed by atoms with Crippen LogP contribution < -0.4 is 14.9 Å². The lowest BCUT2D eigenvalue weighted by atomic mass is 10.0. The Bertz CT molecular complexity index is 1190. The molecule has 3 aromatic rings. The maximum absolute atomic E-state index is 11.6. The lowest BCUT2D eigenvalue weighted by Crippen LogP contribution is -2.29. The minimum Gasteiger partial charge on any atom is -0.464 e. The van der Waals surface area contributed by atoms with Crippen molar-refractivity contribution in [1.29, 1.82) is 0 Å². The first-order chi connectivity index (χ1) is 14.2. The molecule has 0 saturated carbocycles. The summed E-state index contributed by atoms with van der Waals surface area (Å²) in [4.78, 5) is 6.50. The summed E-state index contributed by atoms with van der Waals surface area (Å²) in [6.07, 6.45) is 2.88. The van der Waals surface area contributed by atoms with Crippen LogP contribution in [-0.4, -0.2) is 24.8 Å². The Labute approximate surface area is 181 Å². The largest absolute Gasteiger partial charge is 0.464 e. The maximum atomic E-state index is 11.6. The van der Waals surface area contributed by atoms with Crippen LogP contribution in [0.4, 0.5) is 11.4 Å². The molecule has 9 heteroatoms. The number of thiocarbonyl (C=S) groups is 1. The average molecular weight is 443 g/mol. The number of hydrogen-bond acceptors (Lipinski definition) is 5. The monoisotopic (exact) mass is 442 g/mol. The molecular formula is C21H22N4O3S2. The summed E-state index contributed by atoms with van der Waals surface area (Å²) in [5, 5.41) is 3.92. The lowest BCUT2D eigenvalue weighted by molar-refractivity contribution is 0.418. The molecule has 2 atom stereocenters. The van der Waals surface area contributed by atoms with Gasteiger partial charge in [0, 0.05) is 11.9 Å². The summed E-state index contributed by atoms with van der Waals surface area (Å²) in [5.41, 5.74) is 3.01. The molecule has 1 aliphatic rings. The van der Waals surface area contributed by atoms with E-state index in [0.29, 0.717) is 10.8 Å². The zero-order chi connectivity index (χ0) is 21.5. The topological polar surface area (TPSA) is 87.5 Å². The van der Waals surface area contributed by atoms with E-state index in [1.807, 2.05) is 61.2 Å². The lowest BCUT2D eigenvalue weighted by Gasteiger charge is -2.26. The van der Waals surface area contributed by atoms with E-state index in [4.69, 9.17) is 16.6 Å². The Kier molecular flexibility index (Phi) is 5.25. The van der Waals surface area contributed by atoms with Gasteiger partial charge in [-0.3, -0.25) is 9.71 Å². The van der Waals surface area contributed by atoms with E-state index in [2.05, 4.69) is 15.0 Å². The van der Waals surface area contributed by atoms with Crippen molar-refractivity contribution in [3.8, 4) is 0 Å². The van der Waals surface area contributed by atoms with Gasteiger partial charge < -0.3 is 14.6 Å². The fraction of sp³-hybridized carbons (Fsp3) is 0.238. The molecule has 30 heavy (non-hydrogen) atoms. The first kappa shape index (κ1) is 20.4. The van der Waals surface area contributed by atoms with Crippen LogP contribution >= 0.6 is 12.2 Å². The van der Waals surface area contributed by atoms with Crippen LogP contribution in [0.2, 0.25) is 0 Å². The van der Waals surface area contributed by atoms with Crippen molar-refractivity contribution in [2.75, 3.05) is 15.9 Å². The summed E-state index contributed by atoms with van der Waals surface area (Å²) < 4.78 is 31.7. The molecular weight excluding hydrogens is 420 g/mol. The van der Waals surface area contributed by atoms with Gasteiger partial charge in [0.05, 0.1) is 23.7 Å². The number of pyridine rings is 1. The number of anilines is 2. The van der Waals surface area contributed by atoms with Crippen LogP contribution in [0, 0.1) is 13.8 Å². The SMILES string of the molecule is Cc1ccc([C@@H]2[C@@H](c3ccccn3)NC(=S)N2c2ccc(NS(C)(=O)=O)c(C)c2)o1. The molecule has 2 N–H and O–H groups in total. The smallest absolute Gasteiger partial charge is 0.229 e. The van der Waals surface area contributed by atoms with E-state index in [0.717, 1.165) is 34.7 Å². The highest BCUT2D eigenvalue weighted by Gasteiger charge is 2.42. The molecule has 0 unspecified atom stereocenters. The molecule has 0 amide bonds. The zero-order valence-corrected chi connectivity index (χ0v) is 18.4. The van der Waals surface area contributed by atoms with Crippen molar-refractivity contribution >= 4 is 38.7 Å². The van der Waals surface area contributed by atoms with Gasteiger partial charge in [-0.25, -0.2) is 8.42 Å². The average Bonchev–Trinajstić information content (AvgIpc) is 3.26. The first-order valence-corrected chi connectivity index (χ1v) is 11.7. The van der Waals surface area contributed by atoms with Gasteiger partial charge in [0.15, 0.2) is 5.11 Å². The summed E-state index contributed by atoms with van der Waals surface area (Å²) in [5.74, 6) is 1.58. The van der Waals surface area contributed by atoms with E-state index >= 15 is 0 Å². The van der Waals surface area contributed by atoms with E-state index < -0.39 is 10.0 Å². The Morgan fingerprint density at radius 1 is 1.17 bits per heavy atom. The van der Waals surface area contributed by atoms with Gasteiger partial charge in [-0.15, -0.1) is 0 Å². The minimum absolute atomic E-state index is 0.196. The first-order valence-electron chi connectivity index (χ1n) is 9.38. The molecule has 156 valence electrons. The van der Waals surface area contributed by atoms with E-state index in [1.165, 1.54) is 0 Å². The van der Waals surface area contributed by atoms with Crippen LogP contribution in [0.15, 0.2) is 59.1 Å². The standard InChI is InChI=1S/C21H22N4O3S2/c1-13-12-15(8-9-16(13)24-30(3,26)27)25-20(18-10-7-14(2)28-18)19(23-21(25)29)17-6-4-5-11-22-17/h4-12,19-20,24H,1-3H3,(H,23,29)/t19-,20-/m1/s1. The number of nitrogens with zero attached hydrogens (tertiary/aromatic N) is 2. The zero-order valence-electron chi connectivity index (χ0n) is 16.8. The molecule has 0 bridgehead atoms. The van der Waals surface area contributed by atoms with Crippen molar-refractivity contribution in [3.05, 3.63) is 77.5 Å². The molecule has 1 aliphatic heterocycles. The van der Waals surface area contributed by atoms with Crippen molar-refractivity contribution in [3.63, 3.8) is 0 Å². The second kappa shape index (κ2) is 7.73. The molecule has 7 nitrogen and oxygen atoms in total. The molecule has 0 aliphatic carbocycles. The van der Waals surface area contributed by atoms with Crippen LogP contribution in [0.1, 0.15) is 34.9 Å². The second-order valence-electron chi connectivity index (χ2n) is 7.32. The van der Waals surface area contributed by atoms with Crippen molar-refractivity contribution in [1.82, 2.24) is 10.3 Å². The Balaban J connectivity index is 1.77.